The Morgan fingerprint density at radius 2 is 1.30 bits per heavy atom. The molecule has 0 saturated carbocycles. The zero-order chi connectivity index (χ0) is 26.4. The molecular weight excluding hydrogens is 600 g/mol. The van der Waals surface area contributed by atoms with Crippen molar-refractivity contribution >= 4 is 43.7 Å². The Bertz CT molecular complexity index is 1210. The van der Waals surface area contributed by atoms with Crippen molar-refractivity contribution in [3.8, 4) is 11.5 Å². The zero-order valence-electron chi connectivity index (χ0n) is 21.0. The number of methoxy groups -OCH3 is 2. The van der Waals surface area contributed by atoms with E-state index in [1.165, 1.54) is 7.11 Å². The van der Waals surface area contributed by atoms with Gasteiger partial charge in [-0.2, -0.15) is 0 Å². The summed E-state index contributed by atoms with van der Waals surface area (Å²) < 4.78 is 12.8. The first-order valence-electron chi connectivity index (χ1n) is 12.2. The van der Waals surface area contributed by atoms with E-state index in [4.69, 9.17) is 9.47 Å². The van der Waals surface area contributed by atoms with E-state index >= 15 is 0 Å². The number of carbonyl (C=O) groups is 2. The van der Waals surface area contributed by atoms with Crippen LogP contribution in [0.1, 0.15) is 21.5 Å². The predicted octanol–water partition coefficient (Wildman–Crippen LogP) is 5.61. The van der Waals surface area contributed by atoms with Gasteiger partial charge in [-0.05, 0) is 48.2 Å². The Labute approximate surface area is 234 Å². The molecule has 0 spiro atoms. The molecule has 3 aromatic carbocycles. The van der Waals surface area contributed by atoms with Crippen LogP contribution in [-0.4, -0.2) is 62.0 Å². The number of nitrogens with zero attached hydrogens (tertiary/aromatic N) is 2. The van der Waals surface area contributed by atoms with Gasteiger partial charge in [-0.15, -0.1) is 0 Å². The predicted molar refractivity (Wildman–Crippen MR) is 151 cm³/mol. The van der Waals surface area contributed by atoms with Crippen LogP contribution in [0.15, 0.2) is 75.7 Å². The van der Waals surface area contributed by atoms with Crippen molar-refractivity contribution in [2.24, 2.45) is 5.92 Å². The largest absolute Gasteiger partial charge is 0.493 e. The number of hydrogen-bond acceptors (Lipinski definition) is 4. The number of amides is 2. The molecule has 2 amide bonds. The smallest absolute Gasteiger partial charge is 0.257 e. The summed E-state index contributed by atoms with van der Waals surface area (Å²) in [4.78, 5) is 30.8. The molecule has 3 aromatic rings. The van der Waals surface area contributed by atoms with Crippen LogP contribution in [0.3, 0.4) is 0 Å². The molecule has 0 N–H and O–H groups in total. The van der Waals surface area contributed by atoms with E-state index in [-0.39, 0.29) is 17.7 Å². The molecule has 0 aromatic heterocycles. The number of ether oxygens (including phenoxy) is 2. The summed E-state index contributed by atoms with van der Waals surface area (Å²) in [7, 11) is 3.08. The maximum atomic E-state index is 13.8. The van der Waals surface area contributed by atoms with Gasteiger partial charge in [0.15, 0.2) is 11.5 Å². The van der Waals surface area contributed by atoms with Crippen LogP contribution >= 0.6 is 31.9 Å². The van der Waals surface area contributed by atoms with Gasteiger partial charge < -0.3 is 19.3 Å². The lowest BCUT2D eigenvalue weighted by molar-refractivity contribution is -0.137. The highest BCUT2D eigenvalue weighted by atomic mass is 79.9. The van der Waals surface area contributed by atoms with Gasteiger partial charge in [0.25, 0.3) is 5.91 Å². The Hall–Kier alpha value is -2.84. The van der Waals surface area contributed by atoms with E-state index in [9.17, 15) is 9.59 Å². The summed E-state index contributed by atoms with van der Waals surface area (Å²) in [5.41, 5.74) is 2.67. The summed E-state index contributed by atoms with van der Waals surface area (Å²) in [6, 6.07) is 21.4. The first kappa shape index (κ1) is 27.2. The van der Waals surface area contributed by atoms with Gasteiger partial charge in [0.05, 0.1) is 19.8 Å². The second-order valence-electron chi connectivity index (χ2n) is 8.95. The molecule has 37 heavy (non-hydrogen) atoms. The van der Waals surface area contributed by atoms with Gasteiger partial charge in [-0.25, -0.2) is 0 Å². The lowest BCUT2D eigenvalue weighted by Crippen LogP contribution is -2.52. The highest BCUT2D eigenvalue weighted by Gasteiger charge is 2.31. The zero-order valence-corrected chi connectivity index (χ0v) is 24.1. The van der Waals surface area contributed by atoms with E-state index in [0.29, 0.717) is 56.1 Å². The molecule has 1 saturated heterocycles. The third kappa shape index (κ3) is 6.36. The molecule has 0 bridgehead atoms. The second-order valence-corrected chi connectivity index (χ2v) is 10.7. The van der Waals surface area contributed by atoms with Crippen LogP contribution in [0.5, 0.6) is 11.5 Å². The molecule has 4 rings (SSSR count). The van der Waals surface area contributed by atoms with Crippen molar-refractivity contribution in [3.63, 3.8) is 0 Å². The van der Waals surface area contributed by atoms with Crippen LogP contribution in [-0.2, 0) is 17.6 Å². The van der Waals surface area contributed by atoms with Gasteiger partial charge in [0.1, 0.15) is 0 Å². The Morgan fingerprint density at radius 3 is 1.81 bits per heavy atom. The molecule has 0 unspecified atom stereocenters. The number of halogens is 2. The average Bonchev–Trinajstić information content (AvgIpc) is 2.93. The van der Waals surface area contributed by atoms with Crippen LogP contribution in [0.2, 0.25) is 0 Å². The lowest BCUT2D eigenvalue weighted by atomic mass is 9.91. The molecule has 0 aliphatic carbocycles. The third-order valence-electron chi connectivity index (χ3n) is 6.71. The molecule has 1 heterocycles. The normalized spacial score (nSPS) is 13.5. The monoisotopic (exact) mass is 628 g/mol. The van der Waals surface area contributed by atoms with E-state index in [1.807, 2.05) is 41.3 Å². The highest BCUT2D eigenvalue weighted by Crippen LogP contribution is 2.32. The number of benzene rings is 3. The van der Waals surface area contributed by atoms with Gasteiger partial charge in [0, 0.05) is 41.0 Å². The summed E-state index contributed by atoms with van der Waals surface area (Å²) >= 11 is 7.28. The van der Waals surface area contributed by atoms with Crippen molar-refractivity contribution in [2.45, 2.75) is 12.8 Å². The van der Waals surface area contributed by atoms with Gasteiger partial charge >= 0.3 is 0 Å². The van der Waals surface area contributed by atoms with Gasteiger partial charge in [-0.1, -0.05) is 74.3 Å². The fraction of sp³-hybridized carbons (Fsp3) is 0.310. The van der Waals surface area contributed by atoms with E-state index in [0.717, 1.165) is 20.1 Å². The molecule has 1 fully saturated rings. The van der Waals surface area contributed by atoms with Crippen LogP contribution in [0.25, 0.3) is 0 Å². The molecule has 0 atom stereocenters. The Balaban J connectivity index is 1.49. The number of para-hydroxylation sites is 1. The highest BCUT2D eigenvalue weighted by molar-refractivity contribution is 9.10. The van der Waals surface area contributed by atoms with Crippen LogP contribution in [0.4, 0.5) is 0 Å². The fourth-order valence-electron chi connectivity index (χ4n) is 4.72. The first-order valence-corrected chi connectivity index (χ1v) is 13.8. The van der Waals surface area contributed by atoms with E-state index in [2.05, 4.69) is 44.0 Å². The average molecular weight is 630 g/mol. The van der Waals surface area contributed by atoms with Gasteiger partial charge in [0.2, 0.25) is 5.91 Å². The quantitative estimate of drug-likeness (QED) is 0.325. The summed E-state index contributed by atoms with van der Waals surface area (Å²) in [6.45, 7) is 1.89. The standard InChI is InChI=1S/C29H30Br2N2O4/c1-36-26-13-7-10-23(27(26)37-2)29(35)33-16-14-32(15-17-33)28(34)22(18-20-8-3-5-11-24(20)30)19-21-9-4-6-12-25(21)31/h3-13,22H,14-19H2,1-2H3. The van der Waals surface area contributed by atoms with E-state index in [1.54, 1.807) is 30.2 Å². The van der Waals surface area contributed by atoms with Crippen molar-refractivity contribution in [3.05, 3.63) is 92.4 Å². The van der Waals surface area contributed by atoms with E-state index < -0.39 is 0 Å². The molecule has 0 radical (unpaired) electrons. The van der Waals surface area contributed by atoms with Gasteiger partial charge in [-0.3, -0.25) is 9.59 Å². The van der Waals surface area contributed by atoms with Crippen molar-refractivity contribution in [1.82, 2.24) is 9.80 Å². The number of carbonyl (C=O) groups excluding carboxylic acids is 2. The maximum absolute atomic E-state index is 13.8. The summed E-state index contributed by atoms with van der Waals surface area (Å²) in [5, 5.41) is 0. The molecule has 8 heteroatoms. The van der Waals surface area contributed by atoms with Crippen LogP contribution < -0.4 is 9.47 Å². The summed E-state index contributed by atoms with van der Waals surface area (Å²) in [6.07, 6.45) is 1.25. The van der Waals surface area contributed by atoms with Crippen LogP contribution in [0, 0.1) is 5.92 Å². The van der Waals surface area contributed by atoms with Crippen molar-refractivity contribution in [2.75, 3.05) is 40.4 Å². The molecular formula is C29H30Br2N2O4. The minimum atomic E-state index is -0.224. The first-order chi connectivity index (χ1) is 17.9. The van der Waals surface area contributed by atoms with Crippen molar-refractivity contribution in [1.29, 1.82) is 0 Å². The van der Waals surface area contributed by atoms with Crippen molar-refractivity contribution < 1.29 is 19.1 Å². The minimum absolute atomic E-state index is 0.109. The Morgan fingerprint density at radius 1 is 0.757 bits per heavy atom. The second kappa shape index (κ2) is 12.6. The fourth-order valence-corrected chi connectivity index (χ4v) is 5.61. The summed E-state index contributed by atoms with van der Waals surface area (Å²) in [5.74, 6) is 0.705. The number of rotatable bonds is 8. The minimum Gasteiger partial charge on any atom is -0.493 e. The molecule has 6 nitrogen and oxygen atoms in total. The maximum Gasteiger partial charge on any atom is 0.257 e. The number of piperazine rings is 1. The SMILES string of the molecule is COc1cccc(C(=O)N2CCN(C(=O)C(Cc3ccccc3Br)Cc3ccccc3Br)CC2)c1OC. The molecule has 1 aliphatic heterocycles. The molecule has 1 aliphatic rings. The lowest BCUT2D eigenvalue weighted by Gasteiger charge is -2.37. The topological polar surface area (TPSA) is 59.1 Å². The molecule has 194 valence electrons. The third-order valence-corrected chi connectivity index (χ3v) is 8.26. The number of hydrogen-bond donors (Lipinski definition) is 0. The Kier molecular flexibility index (Phi) is 9.27.